The summed E-state index contributed by atoms with van der Waals surface area (Å²) in [6.45, 7) is 2.52. The van der Waals surface area contributed by atoms with Crippen molar-refractivity contribution in [1.29, 1.82) is 0 Å². The maximum atomic E-state index is 13.0. The number of nitro benzene ring substituents is 1. The average molecular weight is 396 g/mol. The number of hydrogen-bond acceptors (Lipinski definition) is 5. The second kappa shape index (κ2) is 8.07. The van der Waals surface area contributed by atoms with Crippen LogP contribution in [-0.4, -0.2) is 22.9 Å². The Balaban J connectivity index is 2.15. The molecule has 0 saturated heterocycles. The van der Waals surface area contributed by atoms with Crippen LogP contribution in [0.4, 0.5) is 24.5 Å². The molecule has 148 valence electrons. The van der Waals surface area contributed by atoms with Crippen molar-refractivity contribution < 1.29 is 32.4 Å². The molecule has 10 heteroatoms. The number of carbonyl (C=O) groups excluding carboxylic acids is 2. The van der Waals surface area contributed by atoms with Gasteiger partial charge in [-0.05, 0) is 32.0 Å². The number of ether oxygens (including phenoxy) is 1. The minimum Gasteiger partial charge on any atom is -0.449 e. The number of para-hydroxylation sites is 1. The normalized spacial score (nSPS) is 12.2. The van der Waals surface area contributed by atoms with Gasteiger partial charge in [0.15, 0.2) is 6.10 Å². The summed E-state index contributed by atoms with van der Waals surface area (Å²) in [6.07, 6.45) is -6.11. The number of nitrogens with zero attached hydrogens (tertiary/aromatic N) is 1. The molecule has 0 unspecified atom stereocenters. The Morgan fingerprint density at radius 1 is 1.14 bits per heavy atom. The van der Waals surface area contributed by atoms with Gasteiger partial charge in [0.1, 0.15) is 0 Å². The van der Waals surface area contributed by atoms with E-state index in [1.54, 1.807) is 0 Å². The predicted octanol–water partition coefficient (Wildman–Crippen LogP) is 4.11. The second-order valence-corrected chi connectivity index (χ2v) is 5.79. The number of hydrogen-bond donors (Lipinski definition) is 1. The van der Waals surface area contributed by atoms with E-state index in [1.165, 1.54) is 44.2 Å². The summed E-state index contributed by atoms with van der Waals surface area (Å²) in [6, 6.07) is 8.14. The number of carbonyl (C=O) groups is 2. The standard InChI is InChI=1S/C18H15F3N2O5/c1-10-12(6-5-9-15(10)23(26)27)17(25)28-11(2)16(24)22-14-8-4-3-7-13(14)18(19,20)21/h3-9,11H,1-2H3,(H,22,24)/t11-/m0/s1. The molecule has 0 fully saturated rings. The molecule has 0 bridgehead atoms. The number of esters is 1. The van der Waals surface area contributed by atoms with Gasteiger partial charge >= 0.3 is 12.1 Å². The highest BCUT2D eigenvalue weighted by atomic mass is 19.4. The maximum absolute atomic E-state index is 13.0. The summed E-state index contributed by atoms with van der Waals surface area (Å²) in [5.74, 6) is -1.99. The third-order valence-electron chi connectivity index (χ3n) is 3.87. The first-order valence-electron chi connectivity index (χ1n) is 7.94. The van der Waals surface area contributed by atoms with Crippen molar-refractivity contribution in [3.63, 3.8) is 0 Å². The van der Waals surface area contributed by atoms with Crippen LogP contribution < -0.4 is 5.32 Å². The van der Waals surface area contributed by atoms with E-state index in [0.29, 0.717) is 0 Å². The van der Waals surface area contributed by atoms with Crippen LogP contribution in [0.1, 0.15) is 28.4 Å². The lowest BCUT2D eigenvalue weighted by molar-refractivity contribution is -0.385. The van der Waals surface area contributed by atoms with Gasteiger partial charge in [0.05, 0.1) is 21.7 Å². The van der Waals surface area contributed by atoms with Crippen molar-refractivity contribution in [2.75, 3.05) is 5.32 Å². The number of nitrogens with one attached hydrogen (secondary N) is 1. The molecular weight excluding hydrogens is 381 g/mol. The Labute approximate surface area is 157 Å². The van der Waals surface area contributed by atoms with Crippen molar-refractivity contribution in [1.82, 2.24) is 0 Å². The van der Waals surface area contributed by atoms with Crippen LogP contribution in [0.25, 0.3) is 0 Å². The Hall–Kier alpha value is -3.43. The highest BCUT2D eigenvalue weighted by Crippen LogP contribution is 2.34. The summed E-state index contributed by atoms with van der Waals surface area (Å²) >= 11 is 0. The largest absolute Gasteiger partial charge is 0.449 e. The number of nitro groups is 1. The van der Waals surface area contributed by atoms with Crippen molar-refractivity contribution in [2.24, 2.45) is 0 Å². The zero-order valence-electron chi connectivity index (χ0n) is 14.7. The minimum absolute atomic E-state index is 0.0486. The quantitative estimate of drug-likeness (QED) is 0.466. The van der Waals surface area contributed by atoms with Gasteiger partial charge in [0.25, 0.3) is 11.6 Å². The van der Waals surface area contributed by atoms with Crippen LogP contribution in [0.3, 0.4) is 0 Å². The predicted molar refractivity (Wildman–Crippen MR) is 92.8 cm³/mol. The number of halogens is 3. The van der Waals surface area contributed by atoms with Crippen molar-refractivity contribution in [3.8, 4) is 0 Å². The molecule has 0 spiro atoms. The Morgan fingerprint density at radius 2 is 1.79 bits per heavy atom. The van der Waals surface area contributed by atoms with E-state index in [9.17, 15) is 32.9 Å². The molecule has 0 heterocycles. The molecule has 7 nitrogen and oxygen atoms in total. The van der Waals surface area contributed by atoms with E-state index >= 15 is 0 Å². The highest BCUT2D eigenvalue weighted by Gasteiger charge is 2.34. The average Bonchev–Trinajstić information content (AvgIpc) is 2.60. The van der Waals surface area contributed by atoms with Gasteiger partial charge in [-0.25, -0.2) is 4.79 Å². The summed E-state index contributed by atoms with van der Waals surface area (Å²) in [5.41, 5.74) is -1.89. The van der Waals surface area contributed by atoms with E-state index in [0.717, 1.165) is 12.1 Å². The molecule has 2 aromatic carbocycles. The van der Waals surface area contributed by atoms with Gasteiger partial charge < -0.3 is 10.1 Å². The van der Waals surface area contributed by atoms with Crippen LogP contribution in [0.15, 0.2) is 42.5 Å². The lowest BCUT2D eigenvalue weighted by Gasteiger charge is -2.17. The van der Waals surface area contributed by atoms with Gasteiger partial charge in [-0.3, -0.25) is 14.9 Å². The van der Waals surface area contributed by atoms with Crippen LogP contribution in [0.2, 0.25) is 0 Å². The number of rotatable bonds is 5. The fraction of sp³-hybridized carbons (Fsp3) is 0.222. The molecule has 0 aliphatic rings. The summed E-state index contributed by atoms with van der Waals surface area (Å²) < 4.78 is 43.9. The zero-order valence-corrected chi connectivity index (χ0v) is 14.7. The zero-order chi connectivity index (χ0) is 21.1. The molecule has 1 amide bonds. The maximum Gasteiger partial charge on any atom is 0.418 e. The van der Waals surface area contributed by atoms with Crippen LogP contribution in [0, 0.1) is 17.0 Å². The molecular formula is C18H15F3N2O5. The molecule has 0 radical (unpaired) electrons. The topological polar surface area (TPSA) is 98.5 Å². The SMILES string of the molecule is Cc1c(C(=O)O[C@@H](C)C(=O)Nc2ccccc2C(F)(F)F)cccc1[N+](=O)[O-]. The molecule has 28 heavy (non-hydrogen) atoms. The van der Waals surface area contributed by atoms with Gasteiger partial charge in [-0.15, -0.1) is 0 Å². The Morgan fingerprint density at radius 3 is 2.39 bits per heavy atom. The lowest BCUT2D eigenvalue weighted by Crippen LogP contribution is -2.31. The van der Waals surface area contributed by atoms with E-state index in [4.69, 9.17) is 4.74 Å². The minimum atomic E-state index is -4.68. The Kier molecular flexibility index (Phi) is 6.02. The molecule has 1 atom stereocenters. The van der Waals surface area contributed by atoms with Gasteiger partial charge in [-0.1, -0.05) is 18.2 Å². The summed E-state index contributed by atoms with van der Waals surface area (Å²) in [5, 5.41) is 13.0. The highest BCUT2D eigenvalue weighted by molar-refractivity contribution is 5.98. The van der Waals surface area contributed by atoms with Gasteiger partial charge in [-0.2, -0.15) is 13.2 Å². The van der Waals surface area contributed by atoms with Gasteiger partial charge in [0.2, 0.25) is 0 Å². The smallest absolute Gasteiger partial charge is 0.418 e. The van der Waals surface area contributed by atoms with Crippen molar-refractivity contribution >= 4 is 23.3 Å². The molecule has 0 aliphatic carbocycles. The first kappa shape index (κ1) is 20.9. The van der Waals surface area contributed by atoms with E-state index in [2.05, 4.69) is 5.32 Å². The number of anilines is 1. The molecule has 1 N–H and O–H groups in total. The number of alkyl halides is 3. The summed E-state index contributed by atoms with van der Waals surface area (Å²) in [4.78, 5) is 34.7. The first-order valence-corrected chi connectivity index (χ1v) is 7.94. The van der Waals surface area contributed by atoms with E-state index in [1.807, 2.05) is 0 Å². The third kappa shape index (κ3) is 4.64. The number of amides is 1. The van der Waals surface area contributed by atoms with Gasteiger partial charge in [0, 0.05) is 11.6 Å². The van der Waals surface area contributed by atoms with Crippen LogP contribution in [0.5, 0.6) is 0 Å². The summed E-state index contributed by atoms with van der Waals surface area (Å²) in [7, 11) is 0. The molecule has 2 aromatic rings. The third-order valence-corrected chi connectivity index (χ3v) is 3.87. The molecule has 0 aliphatic heterocycles. The molecule has 0 aromatic heterocycles. The molecule has 2 rings (SSSR count). The monoisotopic (exact) mass is 396 g/mol. The molecule has 0 saturated carbocycles. The lowest BCUT2D eigenvalue weighted by atomic mass is 10.1. The second-order valence-electron chi connectivity index (χ2n) is 5.79. The fourth-order valence-electron chi connectivity index (χ4n) is 2.39. The van der Waals surface area contributed by atoms with E-state index in [-0.39, 0.29) is 16.8 Å². The number of benzene rings is 2. The van der Waals surface area contributed by atoms with Crippen molar-refractivity contribution in [2.45, 2.75) is 26.1 Å². The van der Waals surface area contributed by atoms with Crippen LogP contribution >= 0.6 is 0 Å². The van der Waals surface area contributed by atoms with Crippen molar-refractivity contribution in [3.05, 3.63) is 69.3 Å². The first-order chi connectivity index (χ1) is 13.0. The van der Waals surface area contributed by atoms with E-state index < -0.39 is 40.3 Å². The fourth-order valence-corrected chi connectivity index (χ4v) is 2.39. The Bertz CT molecular complexity index is 928. The van der Waals surface area contributed by atoms with Crippen LogP contribution in [-0.2, 0) is 15.7 Å².